The molecule has 30 heavy (non-hydrogen) atoms. The molecule has 1 N–H and O–H groups in total. The number of nitrogens with zero attached hydrogens (tertiary/aromatic N) is 5. The van der Waals surface area contributed by atoms with Crippen LogP contribution in [0.3, 0.4) is 0 Å². The van der Waals surface area contributed by atoms with Crippen molar-refractivity contribution in [1.29, 1.82) is 0 Å². The fourth-order valence-electron chi connectivity index (χ4n) is 3.61. The molecule has 1 saturated heterocycles. The van der Waals surface area contributed by atoms with E-state index in [1.165, 1.54) is 29.1 Å². The van der Waals surface area contributed by atoms with Crippen molar-refractivity contribution in [2.45, 2.75) is 13.0 Å². The first-order valence-electron chi connectivity index (χ1n) is 9.42. The maximum Gasteiger partial charge on any atom is 0.176 e. The maximum atomic E-state index is 14.4. The summed E-state index contributed by atoms with van der Waals surface area (Å²) in [6.45, 7) is 4.02. The Morgan fingerprint density at radius 3 is 2.80 bits per heavy atom. The number of hydrogen-bond acceptors (Lipinski definition) is 6. The van der Waals surface area contributed by atoms with Crippen LogP contribution in [0.4, 0.5) is 26.1 Å². The van der Waals surface area contributed by atoms with E-state index in [0.717, 1.165) is 5.82 Å². The SMILES string of the molecule is CC1CN(c2cc3c(cn2)NC(c2c(F)cccc2F)=Nc2c(Cl)cnn2-3)CCO1. The molecule has 0 amide bonds. The fourth-order valence-corrected chi connectivity index (χ4v) is 3.77. The van der Waals surface area contributed by atoms with Gasteiger partial charge >= 0.3 is 0 Å². The number of halogens is 3. The molecule has 7 nitrogen and oxygen atoms in total. The number of nitrogens with one attached hydrogen (secondary N) is 1. The van der Waals surface area contributed by atoms with Crippen molar-refractivity contribution in [1.82, 2.24) is 14.8 Å². The minimum atomic E-state index is -0.737. The van der Waals surface area contributed by atoms with Crippen LogP contribution in [-0.2, 0) is 4.74 Å². The Bertz CT molecular complexity index is 1140. The second-order valence-electron chi connectivity index (χ2n) is 7.10. The van der Waals surface area contributed by atoms with E-state index >= 15 is 0 Å². The van der Waals surface area contributed by atoms with Crippen molar-refractivity contribution in [2.24, 2.45) is 4.99 Å². The molecule has 0 saturated carbocycles. The number of amidine groups is 1. The molecule has 4 heterocycles. The van der Waals surface area contributed by atoms with Crippen LogP contribution in [0.25, 0.3) is 5.69 Å². The largest absolute Gasteiger partial charge is 0.375 e. The molecule has 0 radical (unpaired) electrons. The molecule has 0 bridgehead atoms. The number of pyridine rings is 1. The molecule has 2 aromatic heterocycles. The minimum Gasteiger partial charge on any atom is -0.375 e. The molecule has 2 aliphatic heterocycles. The van der Waals surface area contributed by atoms with E-state index in [1.807, 2.05) is 13.0 Å². The Labute approximate surface area is 176 Å². The molecule has 154 valence electrons. The van der Waals surface area contributed by atoms with E-state index in [-0.39, 0.29) is 28.3 Å². The van der Waals surface area contributed by atoms with Gasteiger partial charge in [0.2, 0.25) is 0 Å². The molecule has 5 rings (SSSR count). The van der Waals surface area contributed by atoms with Crippen molar-refractivity contribution in [3.05, 3.63) is 58.9 Å². The molecular formula is C20H17ClF2N6O. The van der Waals surface area contributed by atoms with Crippen LogP contribution in [0, 0.1) is 11.6 Å². The number of anilines is 2. The van der Waals surface area contributed by atoms with Gasteiger partial charge in [-0.25, -0.2) is 23.4 Å². The predicted octanol–water partition coefficient (Wildman–Crippen LogP) is 3.93. The Hall–Kier alpha value is -3.04. The van der Waals surface area contributed by atoms with Crippen LogP contribution >= 0.6 is 11.6 Å². The van der Waals surface area contributed by atoms with Crippen LogP contribution in [0.1, 0.15) is 12.5 Å². The number of rotatable bonds is 2. The van der Waals surface area contributed by atoms with E-state index in [9.17, 15) is 8.78 Å². The number of fused-ring (bicyclic) bond motifs is 3. The highest BCUT2D eigenvalue weighted by molar-refractivity contribution is 6.33. The van der Waals surface area contributed by atoms with Gasteiger partial charge in [0.25, 0.3) is 0 Å². The molecule has 3 aromatic rings. The van der Waals surface area contributed by atoms with Gasteiger partial charge in [-0.3, -0.25) is 0 Å². The first kappa shape index (κ1) is 19.0. The van der Waals surface area contributed by atoms with E-state index < -0.39 is 11.6 Å². The third-order valence-corrected chi connectivity index (χ3v) is 5.30. The van der Waals surface area contributed by atoms with Crippen LogP contribution in [-0.4, -0.2) is 46.4 Å². The van der Waals surface area contributed by atoms with Gasteiger partial charge in [0.05, 0.1) is 42.0 Å². The van der Waals surface area contributed by atoms with Crippen molar-refractivity contribution < 1.29 is 13.5 Å². The van der Waals surface area contributed by atoms with E-state index in [1.54, 1.807) is 6.20 Å². The summed E-state index contributed by atoms with van der Waals surface area (Å²) in [6.07, 6.45) is 3.14. The summed E-state index contributed by atoms with van der Waals surface area (Å²) in [5.41, 5.74) is 0.844. The summed E-state index contributed by atoms with van der Waals surface area (Å²) >= 11 is 6.29. The molecule has 1 fully saturated rings. The third kappa shape index (κ3) is 3.20. The second-order valence-corrected chi connectivity index (χ2v) is 7.50. The summed E-state index contributed by atoms with van der Waals surface area (Å²) in [6, 6.07) is 5.50. The van der Waals surface area contributed by atoms with Crippen LogP contribution in [0.5, 0.6) is 0 Å². The third-order valence-electron chi connectivity index (χ3n) is 5.03. The first-order chi connectivity index (χ1) is 14.5. The van der Waals surface area contributed by atoms with Gasteiger partial charge in [-0.15, -0.1) is 0 Å². The second kappa shape index (κ2) is 7.33. The number of ether oxygens (including phenoxy) is 1. The molecule has 10 heteroatoms. The van der Waals surface area contributed by atoms with Crippen molar-refractivity contribution >= 4 is 34.8 Å². The number of hydrogen-bond donors (Lipinski definition) is 1. The highest BCUT2D eigenvalue weighted by Crippen LogP contribution is 2.36. The number of benzene rings is 1. The summed E-state index contributed by atoms with van der Waals surface area (Å²) in [4.78, 5) is 11.0. The van der Waals surface area contributed by atoms with Gasteiger partial charge in [-0.05, 0) is 19.1 Å². The summed E-state index contributed by atoms with van der Waals surface area (Å²) < 4.78 is 36.0. The lowest BCUT2D eigenvalue weighted by molar-refractivity contribution is 0.0529. The monoisotopic (exact) mass is 430 g/mol. The molecule has 1 atom stereocenters. The standard InChI is InChI=1S/C20H17ClF2N6O/c1-11-10-28(5-6-30-11)17-7-16-15(9-24-17)26-19(18-13(22)3-2-4-14(18)23)27-20-12(21)8-25-29(16)20/h2-4,7-9,11H,5-6,10H2,1H3,(H,26,27). The van der Waals surface area contributed by atoms with Gasteiger partial charge in [0.15, 0.2) is 5.82 Å². The minimum absolute atomic E-state index is 0.0115. The first-order valence-corrected chi connectivity index (χ1v) is 9.79. The molecule has 1 aromatic carbocycles. The zero-order chi connectivity index (χ0) is 20.8. The maximum absolute atomic E-state index is 14.4. The van der Waals surface area contributed by atoms with Gasteiger partial charge in [-0.1, -0.05) is 17.7 Å². The summed E-state index contributed by atoms with van der Waals surface area (Å²) in [7, 11) is 0. The van der Waals surface area contributed by atoms with Gasteiger partial charge < -0.3 is 15.0 Å². The average molecular weight is 431 g/mol. The van der Waals surface area contributed by atoms with Crippen molar-refractivity contribution in [3.63, 3.8) is 0 Å². The van der Waals surface area contributed by atoms with Crippen LogP contribution in [0.2, 0.25) is 5.02 Å². The molecule has 1 unspecified atom stereocenters. The van der Waals surface area contributed by atoms with E-state index in [0.29, 0.717) is 31.1 Å². The van der Waals surface area contributed by atoms with Gasteiger partial charge in [-0.2, -0.15) is 5.10 Å². The molecule has 0 spiro atoms. The highest BCUT2D eigenvalue weighted by Gasteiger charge is 2.26. The highest BCUT2D eigenvalue weighted by atomic mass is 35.5. The van der Waals surface area contributed by atoms with E-state index in [2.05, 4.69) is 25.3 Å². The van der Waals surface area contributed by atoms with Crippen molar-refractivity contribution in [3.8, 4) is 5.69 Å². The number of aliphatic imine (C=N–C) groups is 1. The summed E-state index contributed by atoms with van der Waals surface area (Å²) in [5.74, 6) is -0.475. The van der Waals surface area contributed by atoms with Crippen LogP contribution < -0.4 is 10.2 Å². The lowest BCUT2D eigenvalue weighted by Gasteiger charge is -2.32. The lowest BCUT2D eigenvalue weighted by atomic mass is 10.1. The Balaban J connectivity index is 1.64. The van der Waals surface area contributed by atoms with Gasteiger partial charge in [0.1, 0.15) is 28.3 Å². The zero-order valence-electron chi connectivity index (χ0n) is 15.9. The lowest BCUT2D eigenvalue weighted by Crippen LogP contribution is -2.41. The zero-order valence-corrected chi connectivity index (χ0v) is 16.7. The summed E-state index contributed by atoms with van der Waals surface area (Å²) in [5, 5.41) is 7.57. The van der Waals surface area contributed by atoms with Gasteiger partial charge in [0, 0.05) is 19.2 Å². The Morgan fingerprint density at radius 2 is 2.03 bits per heavy atom. The molecule has 0 aliphatic carbocycles. The topological polar surface area (TPSA) is 67.6 Å². The normalized spacial score (nSPS) is 18.2. The number of morpholine rings is 1. The Morgan fingerprint density at radius 1 is 1.23 bits per heavy atom. The number of aromatic nitrogens is 3. The molecular weight excluding hydrogens is 414 g/mol. The Kier molecular flexibility index (Phi) is 4.63. The van der Waals surface area contributed by atoms with Crippen LogP contribution in [0.15, 0.2) is 41.7 Å². The smallest absolute Gasteiger partial charge is 0.176 e. The average Bonchev–Trinajstić information content (AvgIpc) is 2.99. The quantitative estimate of drug-likeness (QED) is 0.667. The van der Waals surface area contributed by atoms with E-state index in [4.69, 9.17) is 16.3 Å². The molecule has 2 aliphatic rings. The predicted molar refractivity (Wildman–Crippen MR) is 110 cm³/mol. The van der Waals surface area contributed by atoms with Crippen molar-refractivity contribution in [2.75, 3.05) is 29.9 Å². The fraction of sp³-hybridized carbons (Fsp3) is 0.250.